The van der Waals surface area contributed by atoms with Crippen LogP contribution in [0.15, 0.2) is 0 Å². The van der Waals surface area contributed by atoms with Gasteiger partial charge in [-0.2, -0.15) is 39.5 Å². The third-order valence-electron chi connectivity index (χ3n) is 2.61. The van der Waals surface area contributed by atoms with E-state index in [9.17, 15) is 39.5 Å². The molecule has 0 aliphatic carbocycles. The van der Waals surface area contributed by atoms with E-state index in [1.54, 1.807) is 0 Å². The lowest BCUT2D eigenvalue weighted by Gasteiger charge is -2.36. The molecule has 0 radical (unpaired) electrons. The van der Waals surface area contributed by atoms with Gasteiger partial charge in [-0.25, -0.2) is 0 Å². The van der Waals surface area contributed by atoms with Crippen LogP contribution in [0.1, 0.15) is 6.42 Å². The van der Waals surface area contributed by atoms with Crippen LogP contribution in [0.25, 0.3) is 0 Å². The molecule has 1 atom stereocenters. The highest BCUT2D eigenvalue weighted by Crippen LogP contribution is 2.56. The Bertz CT molecular complexity index is 302. The Morgan fingerprint density at radius 1 is 0.778 bits per heavy atom. The standard InChI is InChI=1S/C8H7F9O/c9-5(10,4-1-2-18-3-4)6(11,12)7(13,14)8(15,16)17/h4H,1-3H2. The number of hydrogen-bond donors (Lipinski definition) is 0. The number of halogens is 9. The first-order valence-electron chi connectivity index (χ1n) is 4.63. The van der Waals surface area contributed by atoms with E-state index in [2.05, 4.69) is 4.74 Å². The van der Waals surface area contributed by atoms with Gasteiger partial charge in [-0.3, -0.25) is 0 Å². The van der Waals surface area contributed by atoms with Crippen LogP contribution in [0.3, 0.4) is 0 Å². The maximum Gasteiger partial charge on any atom is 0.460 e. The lowest BCUT2D eigenvalue weighted by Crippen LogP contribution is -2.63. The van der Waals surface area contributed by atoms with Crippen LogP contribution in [0, 0.1) is 5.92 Å². The van der Waals surface area contributed by atoms with E-state index >= 15 is 0 Å². The van der Waals surface area contributed by atoms with Gasteiger partial charge in [-0.05, 0) is 6.42 Å². The molecule has 0 aromatic heterocycles. The molecule has 1 saturated heterocycles. The van der Waals surface area contributed by atoms with Crippen LogP contribution in [0.4, 0.5) is 39.5 Å². The minimum atomic E-state index is -6.81. The van der Waals surface area contributed by atoms with E-state index in [4.69, 9.17) is 0 Å². The molecule has 0 saturated carbocycles. The van der Waals surface area contributed by atoms with Crippen LogP contribution in [0.5, 0.6) is 0 Å². The summed E-state index contributed by atoms with van der Waals surface area (Å²) in [6.45, 7) is -1.38. The van der Waals surface area contributed by atoms with Crippen LogP contribution in [-0.2, 0) is 4.74 Å². The largest absolute Gasteiger partial charge is 0.460 e. The molecular weight excluding hydrogens is 283 g/mol. The first kappa shape index (κ1) is 15.4. The second-order valence-corrected chi connectivity index (χ2v) is 3.83. The predicted octanol–water partition coefficient (Wildman–Crippen LogP) is 3.49. The van der Waals surface area contributed by atoms with E-state index in [1.807, 2.05) is 0 Å². The average molecular weight is 290 g/mol. The van der Waals surface area contributed by atoms with Crippen LogP contribution < -0.4 is 0 Å². The second kappa shape index (κ2) is 4.17. The van der Waals surface area contributed by atoms with E-state index < -0.39 is 49.5 Å². The van der Waals surface area contributed by atoms with Crippen molar-refractivity contribution in [3.8, 4) is 0 Å². The smallest absolute Gasteiger partial charge is 0.381 e. The van der Waals surface area contributed by atoms with Crippen LogP contribution >= 0.6 is 0 Å². The molecule has 0 amide bonds. The van der Waals surface area contributed by atoms with Gasteiger partial charge in [0.15, 0.2) is 0 Å². The summed E-state index contributed by atoms with van der Waals surface area (Å²) in [6.07, 6.45) is -7.48. The molecule has 1 rings (SSSR count). The van der Waals surface area contributed by atoms with Crippen LogP contribution in [0.2, 0.25) is 0 Å². The fourth-order valence-corrected chi connectivity index (χ4v) is 1.46. The minimum Gasteiger partial charge on any atom is -0.381 e. The summed E-state index contributed by atoms with van der Waals surface area (Å²) in [6, 6.07) is 0. The molecule has 0 aromatic rings. The molecule has 1 fully saturated rings. The zero-order valence-electron chi connectivity index (χ0n) is 8.51. The van der Waals surface area contributed by atoms with Crippen molar-refractivity contribution in [2.24, 2.45) is 5.92 Å². The number of ether oxygens (including phenoxy) is 1. The summed E-state index contributed by atoms with van der Waals surface area (Å²) in [4.78, 5) is 0. The normalized spacial score (nSPS) is 23.5. The molecule has 108 valence electrons. The summed E-state index contributed by atoms with van der Waals surface area (Å²) < 4.78 is 116. The van der Waals surface area contributed by atoms with E-state index in [0.717, 1.165) is 0 Å². The molecule has 1 unspecified atom stereocenters. The molecule has 0 spiro atoms. The lowest BCUT2D eigenvalue weighted by atomic mass is 9.91. The molecule has 1 heterocycles. The summed E-state index contributed by atoms with van der Waals surface area (Å²) in [5.74, 6) is -21.2. The van der Waals surface area contributed by atoms with Crippen molar-refractivity contribution in [2.45, 2.75) is 30.4 Å². The second-order valence-electron chi connectivity index (χ2n) is 3.83. The van der Waals surface area contributed by atoms with Gasteiger partial charge in [0.2, 0.25) is 0 Å². The van der Waals surface area contributed by atoms with Gasteiger partial charge in [-0.15, -0.1) is 0 Å². The predicted molar refractivity (Wildman–Crippen MR) is 39.8 cm³/mol. The maximum atomic E-state index is 13.1. The fourth-order valence-electron chi connectivity index (χ4n) is 1.46. The molecule has 0 N–H and O–H groups in total. The van der Waals surface area contributed by atoms with E-state index in [-0.39, 0.29) is 0 Å². The molecule has 10 heteroatoms. The SMILES string of the molecule is FC(F)(F)C(F)(F)C(F)(F)C(F)(F)C1CCOC1. The van der Waals surface area contributed by atoms with E-state index in [1.165, 1.54) is 0 Å². The number of alkyl halides is 9. The molecule has 1 aliphatic rings. The van der Waals surface area contributed by atoms with Gasteiger partial charge < -0.3 is 4.74 Å². The Kier molecular flexibility index (Phi) is 3.57. The van der Waals surface area contributed by atoms with Crippen molar-refractivity contribution in [1.82, 2.24) is 0 Å². The molecule has 0 bridgehead atoms. The Morgan fingerprint density at radius 2 is 1.28 bits per heavy atom. The lowest BCUT2D eigenvalue weighted by molar-refractivity contribution is -0.402. The topological polar surface area (TPSA) is 9.23 Å². The van der Waals surface area contributed by atoms with Gasteiger partial charge in [0.25, 0.3) is 0 Å². The van der Waals surface area contributed by atoms with Gasteiger partial charge in [0.1, 0.15) is 0 Å². The highest BCUT2D eigenvalue weighted by Gasteiger charge is 2.82. The monoisotopic (exact) mass is 290 g/mol. The van der Waals surface area contributed by atoms with Crippen LogP contribution in [-0.4, -0.2) is 37.2 Å². The third-order valence-corrected chi connectivity index (χ3v) is 2.61. The number of hydrogen-bond acceptors (Lipinski definition) is 1. The summed E-state index contributed by atoms with van der Waals surface area (Å²) >= 11 is 0. The quantitative estimate of drug-likeness (QED) is 0.723. The first-order valence-corrected chi connectivity index (χ1v) is 4.63. The Hall–Kier alpha value is -0.670. The summed E-state index contributed by atoms with van der Waals surface area (Å²) in [5, 5.41) is 0. The first-order chi connectivity index (χ1) is 7.86. The van der Waals surface area contributed by atoms with E-state index in [0.29, 0.717) is 0 Å². The van der Waals surface area contributed by atoms with Crippen molar-refractivity contribution in [3.63, 3.8) is 0 Å². The average Bonchev–Trinajstić information content (AvgIpc) is 2.68. The molecular formula is C8H7F9O. The molecule has 0 aromatic carbocycles. The fraction of sp³-hybridized carbons (Fsp3) is 1.00. The van der Waals surface area contributed by atoms with Gasteiger partial charge in [0.05, 0.1) is 12.5 Å². The zero-order chi connectivity index (χ0) is 14.4. The summed E-state index contributed by atoms with van der Waals surface area (Å²) in [5.41, 5.74) is 0. The third kappa shape index (κ3) is 2.04. The maximum absolute atomic E-state index is 13.1. The summed E-state index contributed by atoms with van der Waals surface area (Å²) in [7, 11) is 0. The highest BCUT2D eigenvalue weighted by molar-refractivity contribution is 5.03. The van der Waals surface area contributed by atoms with Gasteiger partial charge >= 0.3 is 23.9 Å². The Labute approximate surface area is 94.9 Å². The van der Waals surface area contributed by atoms with Gasteiger partial charge in [-0.1, -0.05) is 0 Å². The molecule has 1 aliphatic heterocycles. The van der Waals surface area contributed by atoms with Crippen molar-refractivity contribution in [3.05, 3.63) is 0 Å². The highest BCUT2D eigenvalue weighted by atomic mass is 19.4. The zero-order valence-corrected chi connectivity index (χ0v) is 8.51. The molecule has 18 heavy (non-hydrogen) atoms. The number of rotatable bonds is 3. The molecule has 1 nitrogen and oxygen atoms in total. The van der Waals surface area contributed by atoms with Crippen molar-refractivity contribution in [1.29, 1.82) is 0 Å². The van der Waals surface area contributed by atoms with Gasteiger partial charge in [0, 0.05) is 6.61 Å². The Morgan fingerprint density at radius 3 is 1.61 bits per heavy atom. The van der Waals surface area contributed by atoms with Crippen molar-refractivity contribution in [2.75, 3.05) is 13.2 Å². The Balaban J connectivity index is 3.11. The minimum absolute atomic E-state index is 0.395. The van der Waals surface area contributed by atoms with Crippen molar-refractivity contribution < 1.29 is 44.3 Å². The van der Waals surface area contributed by atoms with Crippen molar-refractivity contribution >= 4 is 0 Å².